The molecule has 0 saturated heterocycles. The normalized spacial score (nSPS) is 11.5. The van der Waals surface area contributed by atoms with Crippen molar-refractivity contribution in [3.05, 3.63) is 24.3 Å². The van der Waals surface area contributed by atoms with Crippen LogP contribution in [0.2, 0.25) is 0 Å². The quantitative estimate of drug-likeness (QED) is 0.883. The van der Waals surface area contributed by atoms with Gasteiger partial charge in [-0.2, -0.15) is 0 Å². The van der Waals surface area contributed by atoms with Crippen LogP contribution >= 0.6 is 0 Å². The number of rotatable bonds is 5. The van der Waals surface area contributed by atoms with Crippen molar-refractivity contribution in [2.45, 2.75) is 33.1 Å². The Hall–Kier alpha value is -1.72. The first-order valence-electron chi connectivity index (χ1n) is 6.02. The highest BCUT2D eigenvalue weighted by Gasteiger charge is 2.30. The second-order valence-electron chi connectivity index (χ2n) is 4.07. The second-order valence-corrected chi connectivity index (χ2v) is 4.07. The minimum atomic E-state index is -4.71. The van der Waals surface area contributed by atoms with Gasteiger partial charge in [-0.1, -0.05) is 13.8 Å². The molecule has 0 radical (unpaired) electrons. The summed E-state index contributed by atoms with van der Waals surface area (Å²) in [5.41, 5.74) is 0.450. The summed E-state index contributed by atoms with van der Waals surface area (Å²) < 4.78 is 39.6. The molecule has 0 aliphatic rings. The summed E-state index contributed by atoms with van der Waals surface area (Å²) in [6, 6.07) is 5.08. The number of alkyl halides is 3. The van der Waals surface area contributed by atoms with Crippen LogP contribution in [0.4, 0.5) is 18.9 Å². The minimum absolute atomic E-state index is 0.0916. The van der Waals surface area contributed by atoms with Crippen molar-refractivity contribution in [1.29, 1.82) is 0 Å². The molecule has 3 nitrogen and oxygen atoms in total. The first-order chi connectivity index (χ1) is 8.85. The summed E-state index contributed by atoms with van der Waals surface area (Å²) in [5, 5.41) is 2.66. The number of amides is 1. The Balaban J connectivity index is 2.64. The lowest BCUT2D eigenvalue weighted by molar-refractivity contribution is -0.274. The molecule has 0 spiro atoms. The molecule has 19 heavy (non-hydrogen) atoms. The number of hydrogen-bond donors (Lipinski definition) is 1. The molecule has 1 rings (SSSR count). The lowest BCUT2D eigenvalue weighted by Crippen LogP contribution is -2.21. The Morgan fingerprint density at radius 2 is 1.74 bits per heavy atom. The van der Waals surface area contributed by atoms with Crippen molar-refractivity contribution in [2.24, 2.45) is 5.92 Å². The average molecular weight is 275 g/mol. The lowest BCUT2D eigenvalue weighted by Gasteiger charge is -2.13. The summed E-state index contributed by atoms with van der Waals surface area (Å²) in [4.78, 5) is 11.8. The van der Waals surface area contributed by atoms with Crippen molar-refractivity contribution in [3.8, 4) is 5.75 Å². The average Bonchev–Trinajstić information content (AvgIpc) is 2.31. The maximum atomic E-state index is 12.0. The number of benzene rings is 1. The summed E-state index contributed by atoms with van der Waals surface area (Å²) in [6.45, 7) is 3.82. The van der Waals surface area contributed by atoms with Gasteiger partial charge in [0.15, 0.2) is 0 Å². The Labute approximate surface area is 109 Å². The Morgan fingerprint density at radius 3 is 2.16 bits per heavy atom. The highest BCUT2D eigenvalue weighted by Crippen LogP contribution is 2.24. The van der Waals surface area contributed by atoms with Crippen LogP contribution in [-0.4, -0.2) is 12.3 Å². The van der Waals surface area contributed by atoms with Crippen molar-refractivity contribution in [1.82, 2.24) is 0 Å². The lowest BCUT2D eigenvalue weighted by atomic mass is 10.0. The predicted octanol–water partition coefficient (Wildman–Crippen LogP) is 3.96. The smallest absolute Gasteiger partial charge is 0.406 e. The molecular formula is C13H16F3NO2. The van der Waals surface area contributed by atoms with E-state index in [1.165, 1.54) is 12.1 Å². The number of halogens is 3. The van der Waals surface area contributed by atoms with Gasteiger partial charge >= 0.3 is 6.36 Å². The van der Waals surface area contributed by atoms with Gasteiger partial charge in [0.25, 0.3) is 0 Å². The largest absolute Gasteiger partial charge is 0.573 e. The van der Waals surface area contributed by atoms with Crippen LogP contribution in [0.15, 0.2) is 24.3 Å². The molecular weight excluding hydrogens is 259 g/mol. The van der Waals surface area contributed by atoms with Gasteiger partial charge in [-0.15, -0.1) is 13.2 Å². The third-order valence-electron chi connectivity index (χ3n) is 2.71. The number of hydrogen-bond acceptors (Lipinski definition) is 2. The maximum absolute atomic E-state index is 12.0. The van der Waals surface area contributed by atoms with Crippen molar-refractivity contribution < 1.29 is 22.7 Å². The highest BCUT2D eigenvalue weighted by atomic mass is 19.4. The van der Waals surface area contributed by atoms with Crippen LogP contribution in [-0.2, 0) is 4.79 Å². The van der Waals surface area contributed by atoms with E-state index < -0.39 is 6.36 Å². The van der Waals surface area contributed by atoms with E-state index in [0.717, 1.165) is 25.0 Å². The number of carbonyl (C=O) groups is 1. The number of ether oxygens (including phenoxy) is 1. The van der Waals surface area contributed by atoms with Gasteiger partial charge in [0.05, 0.1) is 0 Å². The van der Waals surface area contributed by atoms with E-state index >= 15 is 0 Å². The molecule has 1 amide bonds. The predicted molar refractivity (Wildman–Crippen MR) is 65.8 cm³/mol. The first-order valence-corrected chi connectivity index (χ1v) is 6.02. The van der Waals surface area contributed by atoms with Crippen LogP contribution < -0.4 is 10.1 Å². The molecule has 0 aromatic heterocycles. The fourth-order valence-electron chi connectivity index (χ4n) is 1.64. The van der Waals surface area contributed by atoms with Crippen LogP contribution in [0, 0.1) is 5.92 Å². The van der Waals surface area contributed by atoms with Gasteiger partial charge in [-0.05, 0) is 37.1 Å². The molecule has 106 valence electrons. The SMILES string of the molecule is CCC(CC)C(=O)Nc1ccc(OC(F)(F)F)cc1. The topological polar surface area (TPSA) is 38.3 Å². The number of carbonyl (C=O) groups excluding carboxylic acids is 1. The Kier molecular flexibility index (Phi) is 5.20. The van der Waals surface area contributed by atoms with Crippen LogP contribution in [0.3, 0.4) is 0 Å². The standard InChI is InChI=1S/C13H16F3NO2/c1-3-9(4-2)12(18)17-10-5-7-11(8-6-10)19-13(14,15)16/h5-9H,3-4H2,1-2H3,(H,17,18). The molecule has 6 heteroatoms. The zero-order valence-corrected chi connectivity index (χ0v) is 10.8. The summed E-state index contributed by atoms with van der Waals surface area (Å²) >= 11 is 0. The fourth-order valence-corrected chi connectivity index (χ4v) is 1.64. The molecule has 1 N–H and O–H groups in total. The third-order valence-corrected chi connectivity index (χ3v) is 2.71. The summed E-state index contributed by atoms with van der Waals surface area (Å²) in [6.07, 6.45) is -3.27. The van der Waals surface area contributed by atoms with E-state index in [1.807, 2.05) is 13.8 Å². The summed E-state index contributed by atoms with van der Waals surface area (Å²) in [5.74, 6) is -0.534. The van der Waals surface area contributed by atoms with Crippen molar-refractivity contribution in [3.63, 3.8) is 0 Å². The second kappa shape index (κ2) is 6.45. The molecule has 0 heterocycles. The summed E-state index contributed by atoms with van der Waals surface area (Å²) in [7, 11) is 0. The molecule has 1 aromatic carbocycles. The molecule has 0 unspecified atom stereocenters. The molecule has 0 bridgehead atoms. The van der Waals surface area contributed by atoms with E-state index in [4.69, 9.17) is 0 Å². The Bertz CT molecular complexity index is 411. The highest BCUT2D eigenvalue weighted by molar-refractivity contribution is 5.92. The van der Waals surface area contributed by atoms with Gasteiger partial charge in [-0.3, -0.25) is 4.79 Å². The molecule has 0 saturated carbocycles. The monoisotopic (exact) mass is 275 g/mol. The number of nitrogens with one attached hydrogen (secondary N) is 1. The van der Waals surface area contributed by atoms with Crippen LogP contribution in [0.5, 0.6) is 5.75 Å². The van der Waals surface area contributed by atoms with E-state index in [9.17, 15) is 18.0 Å². The fraction of sp³-hybridized carbons (Fsp3) is 0.462. The van der Waals surface area contributed by atoms with E-state index in [0.29, 0.717) is 5.69 Å². The molecule has 1 aromatic rings. The zero-order chi connectivity index (χ0) is 14.5. The maximum Gasteiger partial charge on any atom is 0.573 e. The van der Waals surface area contributed by atoms with Gasteiger partial charge in [0.2, 0.25) is 5.91 Å². The van der Waals surface area contributed by atoms with Crippen LogP contribution in [0.1, 0.15) is 26.7 Å². The van der Waals surface area contributed by atoms with Crippen molar-refractivity contribution >= 4 is 11.6 Å². The molecule has 0 aliphatic carbocycles. The van der Waals surface area contributed by atoms with E-state index in [2.05, 4.69) is 10.1 Å². The van der Waals surface area contributed by atoms with Gasteiger partial charge in [0.1, 0.15) is 5.75 Å². The van der Waals surface area contributed by atoms with Crippen LogP contribution in [0.25, 0.3) is 0 Å². The Morgan fingerprint density at radius 1 is 1.21 bits per heavy atom. The van der Waals surface area contributed by atoms with E-state index in [1.54, 1.807) is 0 Å². The molecule has 0 aliphatic heterocycles. The van der Waals surface area contributed by atoms with Crippen molar-refractivity contribution in [2.75, 3.05) is 5.32 Å². The van der Waals surface area contributed by atoms with Gasteiger partial charge < -0.3 is 10.1 Å². The molecule has 0 atom stereocenters. The minimum Gasteiger partial charge on any atom is -0.406 e. The van der Waals surface area contributed by atoms with Gasteiger partial charge in [-0.25, -0.2) is 0 Å². The molecule has 0 fully saturated rings. The third kappa shape index (κ3) is 5.19. The zero-order valence-electron chi connectivity index (χ0n) is 10.8. The van der Waals surface area contributed by atoms with E-state index in [-0.39, 0.29) is 17.6 Å². The number of anilines is 1. The van der Waals surface area contributed by atoms with Gasteiger partial charge in [0, 0.05) is 11.6 Å². The first kappa shape index (κ1) is 15.3.